The van der Waals surface area contributed by atoms with E-state index in [1.54, 1.807) is 30.3 Å². The predicted molar refractivity (Wildman–Crippen MR) is 175 cm³/mol. The second-order valence-electron chi connectivity index (χ2n) is 9.64. The molecule has 1 aromatic heterocycles. The highest BCUT2D eigenvalue weighted by Gasteiger charge is 2.28. The number of anilines is 1. The van der Waals surface area contributed by atoms with Crippen LogP contribution in [0, 0.1) is 0 Å². The molecule has 0 spiro atoms. The standard InChI is InChI=1S/C31H29Cl2N5O8S/c1-44-27-13-11-24(15-28(27)45-2)47(42,43)38(18-20-6-4-3-5-7-20)19-29(39)37-35-17-23-10-9-22(46-23)16-34-30(40)31(41)36-21-8-12-25(32)26(33)14-21/h3-15,17H,16,18-19H2,1-2H3,(H,34,40)(H,36,41)(H,37,39)/b35-17-. The molecule has 4 rings (SSSR count). The number of hydrogen-bond acceptors (Lipinski definition) is 9. The Hall–Kier alpha value is -4.89. The molecule has 0 fully saturated rings. The quantitative estimate of drug-likeness (QED) is 0.106. The number of hydrazone groups is 1. The van der Waals surface area contributed by atoms with Crippen LogP contribution in [0.2, 0.25) is 10.0 Å². The minimum absolute atomic E-state index is 0.0899. The molecule has 246 valence electrons. The summed E-state index contributed by atoms with van der Waals surface area (Å²) in [6, 6.07) is 20.4. The predicted octanol–water partition coefficient (Wildman–Crippen LogP) is 4.20. The van der Waals surface area contributed by atoms with Crippen LogP contribution in [-0.2, 0) is 37.5 Å². The molecule has 0 unspecified atom stereocenters. The van der Waals surface area contributed by atoms with E-state index < -0.39 is 34.3 Å². The number of nitrogens with zero attached hydrogens (tertiary/aromatic N) is 2. The summed E-state index contributed by atoms with van der Waals surface area (Å²) in [6.07, 6.45) is 1.20. The van der Waals surface area contributed by atoms with Gasteiger partial charge in [0.15, 0.2) is 11.5 Å². The summed E-state index contributed by atoms with van der Waals surface area (Å²) >= 11 is 11.8. The molecule has 3 aromatic carbocycles. The van der Waals surface area contributed by atoms with Crippen molar-refractivity contribution in [2.75, 3.05) is 26.1 Å². The smallest absolute Gasteiger partial charge is 0.313 e. The lowest BCUT2D eigenvalue weighted by molar-refractivity contribution is -0.136. The van der Waals surface area contributed by atoms with E-state index in [-0.39, 0.29) is 34.5 Å². The van der Waals surface area contributed by atoms with Gasteiger partial charge in [0.2, 0.25) is 10.0 Å². The van der Waals surface area contributed by atoms with Gasteiger partial charge in [0.25, 0.3) is 5.91 Å². The Morgan fingerprint density at radius 3 is 2.34 bits per heavy atom. The number of sulfonamides is 1. The number of halogens is 2. The molecule has 1 heterocycles. The molecule has 3 N–H and O–H groups in total. The molecular formula is C31H29Cl2N5O8S. The van der Waals surface area contributed by atoms with E-state index in [2.05, 4.69) is 21.2 Å². The summed E-state index contributed by atoms with van der Waals surface area (Å²) in [5, 5.41) is 9.20. The average Bonchev–Trinajstić information content (AvgIpc) is 3.52. The van der Waals surface area contributed by atoms with Crippen molar-refractivity contribution in [1.82, 2.24) is 15.0 Å². The van der Waals surface area contributed by atoms with Crippen LogP contribution < -0.4 is 25.5 Å². The molecule has 0 aliphatic heterocycles. The third kappa shape index (κ3) is 9.56. The van der Waals surface area contributed by atoms with Crippen molar-refractivity contribution in [3.63, 3.8) is 0 Å². The van der Waals surface area contributed by atoms with Crippen LogP contribution in [0.4, 0.5) is 5.69 Å². The Kier molecular flexibility index (Phi) is 12.0. The van der Waals surface area contributed by atoms with Gasteiger partial charge in [-0.05, 0) is 48.0 Å². The van der Waals surface area contributed by atoms with Crippen molar-refractivity contribution in [2.24, 2.45) is 5.10 Å². The Morgan fingerprint density at radius 2 is 1.64 bits per heavy atom. The van der Waals surface area contributed by atoms with Crippen molar-refractivity contribution < 1.29 is 36.7 Å². The van der Waals surface area contributed by atoms with Crippen LogP contribution in [0.5, 0.6) is 11.5 Å². The number of ether oxygens (including phenoxy) is 2. The van der Waals surface area contributed by atoms with Crippen molar-refractivity contribution in [1.29, 1.82) is 0 Å². The highest BCUT2D eigenvalue weighted by molar-refractivity contribution is 7.89. The number of hydrogen-bond donors (Lipinski definition) is 3. The fourth-order valence-corrected chi connectivity index (χ4v) is 5.77. The number of rotatable bonds is 13. The maximum Gasteiger partial charge on any atom is 0.313 e. The van der Waals surface area contributed by atoms with Crippen LogP contribution in [0.15, 0.2) is 93.3 Å². The summed E-state index contributed by atoms with van der Waals surface area (Å²) in [5.74, 6) is -1.48. The molecule has 0 saturated carbocycles. The zero-order valence-electron chi connectivity index (χ0n) is 25.0. The minimum atomic E-state index is -4.17. The molecule has 0 aliphatic rings. The van der Waals surface area contributed by atoms with Crippen LogP contribution in [0.1, 0.15) is 17.1 Å². The first kappa shape index (κ1) is 35.0. The second kappa shape index (κ2) is 16.1. The van der Waals surface area contributed by atoms with Crippen LogP contribution in [-0.4, -0.2) is 57.4 Å². The summed E-state index contributed by atoms with van der Waals surface area (Å²) < 4.78 is 44.3. The van der Waals surface area contributed by atoms with Gasteiger partial charge in [-0.3, -0.25) is 14.4 Å². The Balaban J connectivity index is 1.35. The average molecular weight is 703 g/mol. The number of carbonyl (C=O) groups excluding carboxylic acids is 3. The molecule has 0 aliphatic carbocycles. The maximum absolute atomic E-state index is 13.6. The summed E-state index contributed by atoms with van der Waals surface area (Å²) in [5.41, 5.74) is 3.25. The molecule has 0 bridgehead atoms. The Morgan fingerprint density at radius 1 is 0.894 bits per heavy atom. The van der Waals surface area contributed by atoms with Gasteiger partial charge >= 0.3 is 11.8 Å². The fourth-order valence-electron chi connectivity index (χ4n) is 4.07. The van der Waals surface area contributed by atoms with Gasteiger partial charge in [-0.25, -0.2) is 13.8 Å². The van der Waals surface area contributed by atoms with Crippen molar-refractivity contribution in [3.8, 4) is 11.5 Å². The Bertz CT molecular complexity index is 1880. The summed E-state index contributed by atoms with van der Waals surface area (Å²) in [4.78, 5) is 37.1. The molecule has 16 heteroatoms. The van der Waals surface area contributed by atoms with Gasteiger partial charge in [-0.1, -0.05) is 53.5 Å². The zero-order valence-corrected chi connectivity index (χ0v) is 27.4. The van der Waals surface area contributed by atoms with Crippen LogP contribution in [0.25, 0.3) is 0 Å². The number of carbonyl (C=O) groups is 3. The van der Waals surface area contributed by atoms with E-state index in [0.29, 0.717) is 27.8 Å². The van der Waals surface area contributed by atoms with Crippen molar-refractivity contribution >= 4 is 62.8 Å². The van der Waals surface area contributed by atoms with Gasteiger partial charge in [0.05, 0.1) is 48.5 Å². The lowest BCUT2D eigenvalue weighted by atomic mass is 10.2. The maximum atomic E-state index is 13.6. The van der Waals surface area contributed by atoms with Gasteiger partial charge in [-0.2, -0.15) is 9.41 Å². The fraction of sp³-hybridized carbons (Fsp3) is 0.161. The highest BCUT2D eigenvalue weighted by Crippen LogP contribution is 2.31. The molecule has 4 aromatic rings. The number of nitrogens with one attached hydrogen (secondary N) is 3. The largest absolute Gasteiger partial charge is 0.493 e. The zero-order chi connectivity index (χ0) is 34.0. The molecule has 3 amide bonds. The molecule has 13 nitrogen and oxygen atoms in total. The molecular weight excluding hydrogens is 673 g/mol. The van der Waals surface area contributed by atoms with Crippen molar-refractivity contribution in [3.05, 3.63) is 106 Å². The van der Waals surface area contributed by atoms with Gasteiger partial charge in [0.1, 0.15) is 11.5 Å². The lowest BCUT2D eigenvalue weighted by Gasteiger charge is -2.22. The SMILES string of the molecule is COc1ccc(S(=O)(=O)N(CC(=O)N/N=C\c2ccc(CNC(=O)C(=O)Nc3ccc(Cl)c(Cl)c3)o2)Cc2ccccc2)cc1OC. The summed E-state index contributed by atoms with van der Waals surface area (Å²) in [7, 11) is -1.35. The second-order valence-corrected chi connectivity index (χ2v) is 12.4. The first-order valence-corrected chi connectivity index (χ1v) is 15.9. The van der Waals surface area contributed by atoms with Gasteiger partial charge in [-0.15, -0.1) is 0 Å². The summed E-state index contributed by atoms with van der Waals surface area (Å²) in [6.45, 7) is -0.758. The number of furan rings is 1. The topological polar surface area (TPSA) is 169 Å². The number of benzene rings is 3. The van der Waals surface area contributed by atoms with E-state index in [1.807, 2.05) is 0 Å². The number of methoxy groups -OCH3 is 2. The highest BCUT2D eigenvalue weighted by atomic mass is 35.5. The minimum Gasteiger partial charge on any atom is -0.493 e. The Labute approximate surface area is 280 Å². The number of amides is 3. The third-order valence-electron chi connectivity index (χ3n) is 6.38. The van der Waals surface area contributed by atoms with Crippen LogP contribution in [0.3, 0.4) is 0 Å². The molecule has 47 heavy (non-hydrogen) atoms. The van der Waals surface area contributed by atoms with E-state index in [1.165, 1.54) is 69.0 Å². The van der Waals surface area contributed by atoms with Gasteiger partial charge in [0, 0.05) is 18.3 Å². The van der Waals surface area contributed by atoms with Gasteiger partial charge < -0.3 is 24.5 Å². The monoisotopic (exact) mass is 701 g/mol. The first-order chi connectivity index (χ1) is 22.5. The molecule has 0 saturated heterocycles. The van der Waals surface area contributed by atoms with Crippen molar-refractivity contribution in [2.45, 2.75) is 18.0 Å². The van der Waals surface area contributed by atoms with E-state index in [4.69, 9.17) is 37.1 Å². The van der Waals surface area contributed by atoms with E-state index >= 15 is 0 Å². The van der Waals surface area contributed by atoms with E-state index in [9.17, 15) is 22.8 Å². The normalized spacial score (nSPS) is 11.3. The molecule has 0 radical (unpaired) electrons. The van der Waals surface area contributed by atoms with E-state index in [0.717, 1.165) is 4.31 Å². The first-order valence-electron chi connectivity index (χ1n) is 13.7. The van der Waals surface area contributed by atoms with Crippen LogP contribution >= 0.6 is 23.2 Å². The third-order valence-corrected chi connectivity index (χ3v) is 8.91. The molecule has 0 atom stereocenters. The lowest BCUT2D eigenvalue weighted by Crippen LogP contribution is -2.39.